The molecule has 0 aliphatic carbocycles. The molecule has 0 radical (unpaired) electrons. The third kappa shape index (κ3) is 3.48. The lowest BCUT2D eigenvalue weighted by atomic mass is 10.1. The zero-order valence-corrected chi connectivity index (χ0v) is 13.0. The zero-order chi connectivity index (χ0) is 17.8. The number of nitrogens with zero attached hydrogens (tertiary/aromatic N) is 1. The Kier molecular flexibility index (Phi) is 4.43. The van der Waals surface area contributed by atoms with Crippen LogP contribution in [0.25, 0.3) is 11.1 Å². The van der Waals surface area contributed by atoms with Crippen molar-refractivity contribution in [2.45, 2.75) is 0 Å². The maximum atomic E-state index is 12.3. The summed E-state index contributed by atoms with van der Waals surface area (Å²) in [7, 11) is 0. The molecule has 0 heterocycles. The summed E-state index contributed by atoms with van der Waals surface area (Å²) >= 11 is 0. The quantitative estimate of drug-likeness (QED) is 0.552. The van der Waals surface area contributed by atoms with Gasteiger partial charge in [0.2, 0.25) is 5.75 Å². The van der Waals surface area contributed by atoms with Crippen LogP contribution in [-0.2, 0) is 0 Å². The van der Waals surface area contributed by atoms with Crippen LogP contribution < -0.4 is 5.32 Å². The Morgan fingerprint density at radius 1 is 0.880 bits per heavy atom. The molecule has 0 aliphatic heterocycles. The molecule has 124 valence electrons. The van der Waals surface area contributed by atoms with Crippen LogP contribution in [0.5, 0.6) is 5.75 Å². The normalized spacial score (nSPS) is 10.2. The van der Waals surface area contributed by atoms with Gasteiger partial charge >= 0.3 is 5.69 Å². The van der Waals surface area contributed by atoms with Crippen molar-refractivity contribution < 1.29 is 14.8 Å². The highest BCUT2D eigenvalue weighted by Crippen LogP contribution is 2.30. The molecule has 0 saturated carbocycles. The van der Waals surface area contributed by atoms with Crippen LogP contribution in [0.1, 0.15) is 10.4 Å². The van der Waals surface area contributed by atoms with Gasteiger partial charge in [-0.25, -0.2) is 0 Å². The monoisotopic (exact) mass is 334 g/mol. The fourth-order valence-electron chi connectivity index (χ4n) is 2.44. The number of aromatic hydroxyl groups is 1. The summed E-state index contributed by atoms with van der Waals surface area (Å²) in [5, 5.41) is 23.4. The van der Waals surface area contributed by atoms with E-state index < -0.39 is 22.3 Å². The molecule has 0 unspecified atom stereocenters. The van der Waals surface area contributed by atoms with Crippen molar-refractivity contribution in [3.05, 3.63) is 88.5 Å². The van der Waals surface area contributed by atoms with Crippen LogP contribution in [-0.4, -0.2) is 15.9 Å². The molecule has 1 amide bonds. The van der Waals surface area contributed by atoms with Gasteiger partial charge in [-0.1, -0.05) is 48.5 Å². The number of amides is 1. The Hall–Kier alpha value is -3.67. The molecule has 0 atom stereocenters. The number of anilines is 1. The first kappa shape index (κ1) is 16.2. The number of carbonyl (C=O) groups excluding carboxylic acids is 1. The van der Waals surface area contributed by atoms with Crippen molar-refractivity contribution in [3.63, 3.8) is 0 Å². The topological polar surface area (TPSA) is 92.5 Å². The number of nitro groups is 1. The predicted molar refractivity (Wildman–Crippen MR) is 94.6 cm³/mol. The minimum absolute atomic E-state index is 0.152. The highest BCUT2D eigenvalue weighted by atomic mass is 16.6. The maximum Gasteiger partial charge on any atom is 0.311 e. The largest absolute Gasteiger partial charge is 0.502 e. The van der Waals surface area contributed by atoms with Gasteiger partial charge in [0.05, 0.1) is 10.5 Å². The summed E-state index contributed by atoms with van der Waals surface area (Å²) in [5.41, 5.74) is 1.91. The van der Waals surface area contributed by atoms with Crippen molar-refractivity contribution in [2.75, 3.05) is 5.32 Å². The van der Waals surface area contributed by atoms with Gasteiger partial charge in [0.1, 0.15) is 0 Å². The van der Waals surface area contributed by atoms with Gasteiger partial charge in [-0.3, -0.25) is 14.9 Å². The minimum atomic E-state index is -0.735. The van der Waals surface area contributed by atoms with Crippen molar-refractivity contribution in [1.82, 2.24) is 0 Å². The Morgan fingerprint density at radius 2 is 1.52 bits per heavy atom. The standard InChI is InChI=1S/C19H14N2O4/c22-18-16(7-4-8-17(18)21(24)25)19(23)20-15-11-9-14(10-12-15)13-5-2-1-3-6-13/h1-12,22H,(H,20,23). The van der Waals surface area contributed by atoms with E-state index in [4.69, 9.17) is 0 Å². The summed E-state index contributed by atoms with van der Waals surface area (Å²) in [6.07, 6.45) is 0. The molecule has 0 aliphatic rings. The summed E-state index contributed by atoms with van der Waals surface area (Å²) in [5.74, 6) is -1.26. The lowest BCUT2D eigenvalue weighted by molar-refractivity contribution is -0.385. The number of nitro benzene ring substituents is 1. The number of hydrogen-bond acceptors (Lipinski definition) is 4. The molecule has 3 rings (SSSR count). The van der Waals surface area contributed by atoms with Gasteiger partial charge in [0.15, 0.2) is 0 Å². The van der Waals surface area contributed by atoms with E-state index >= 15 is 0 Å². The number of hydrogen-bond donors (Lipinski definition) is 2. The molecule has 2 N–H and O–H groups in total. The van der Waals surface area contributed by atoms with Gasteiger partial charge in [-0.15, -0.1) is 0 Å². The molecule has 0 fully saturated rings. The Labute approximate surface area is 143 Å². The molecule has 0 bridgehead atoms. The molecular formula is C19H14N2O4. The SMILES string of the molecule is O=C(Nc1ccc(-c2ccccc2)cc1)c1cccc([N+](=O)[O-])c1O. The summed E-state index contributed by atoms with van der Waals surface area (Å²) in [6.45, 7) is 0. The van der Waals surface area contributed by atoms with Crippen molar-refractivity contribution in [1.29, 1.82) is 0 Å². The first-order chi connectivity index (χ1) is 12.1. The smallest absolute Gasteiger partial charge is 0.311 e. The first-order valence-corrected chi connectivity index (χ1v) is 7.49. The van der Waals surface area contributed by atoms with Crippen molar-refractivity contribution in [2.24, 2.45) is 0 Å². The average molecular weight is 334 g/mol. The lowest BCUT2D eigenvalue weighted by Gasteiger charge is -2.08. The molecule has 3 aromatic rings. The summed E-state index contributed by atoms with van der Waals surface area (Å²) < 4.78 is 0. The number of phenols is 1. The van der Waals surface area contributed by atoms with E-state index in [2.05, 4.69) is 5.32 Å². The van der Waals surface area contributed by atoms with Gasteiger partial charge in [-0.2, -0.15) is 0 Å². The number of nitrogens with one attached hydrogen (secondary N) is 1. The number of phenolic OH excluding ortho intramolecular Hbond substituents is 1. The van der Waals surface area contributed by atoms with Crippen LogP contribution >= 0.6 is 0 Å². The van der Waals surface area contributed by atoms with Gasteiger partial charge in [-0.05, 0) is 29.3 Å². The lowest BCUT2D eigenvalue weighted by Crippen LogP contribution is -2.12. The highest BCUT2D eigenvalue weighted by Gasteiger charge is 2.20. The second kappa shape index (κ2) is 6.84. The number of benzene rings is 3. The number of rotatable bonds is 4. The minimum Gasteiger partial charge on any atom is -0.502 e. The highest BCUT2D eigenvalue weighted by molar-refractivity contribution is 6.07. The maximum absolute atomic E-state index is 12.3. The third-order valence-corrected chi connectivity index (χ3v) is 3.71. The van der Waals surface area contributed by atoms with Gasteiger partial charge in [0.25, 0.3) is 5.91 Å². The van der Waals surface area contributed by atoms with Crippen LogP contribution in [0, 0.1) is 10.1 Å². The van der Waals surface area contributed by atoms with Gasteiger partial charge < -0.3 is 10.4 Å². The Bertz CT molecular complexity index is 922. The Morgan fingerprint density at radius 3 is 2.16 bits per heavy atom. The molecule has 3 aromatic carbocycles. The molecule has 0 saturated heterocycles. The molecule has 6 nitrogen and oxygen atoms in total. The fraction of sp³-hybridized carbons (Fsp3) is 0. The number of para-hydroxylation sites is 1. The second-order valence-electron chi connectivity index (χ2n) is 5.33. The van der Waals surface area contributed by atoms with E-state index in [-0.39, 0.29) is 5.56 Å². The van der Waals surface area contributed by atoms with Crippen LogP contribution in [0.2, 0.25) is 0 Å². The molecule has 0 spiro atoms. The van der Waals surface area contributed by atoms with Crippen molar-refractivity contribution in [3.8, 4) is 16.9 Å². The number of carbonyl (C=O) groups is 1. The average Bonchev–Trinajstić information content (AvgIpc) is 2.63. The van der Waals surface area contributed by atoms with E-state index in [0.29, 0.717) is 5.69 Å². The second-order valence-corrected chi connectivity index (χ2v) is 5.33. The fourth-order valence-corrected chi connectivity index (χ4v) is 2.44. The summed E-state index contributed by atoms with van der Waals surface area (Å²) in [4.78, 5) is 22.4. The molecular weight excluding hydrogens is 320 g/mol. The van der Waals surface area contributed by atoms with E-state index in [1.165, 1.54) is 12.1 Å². The van der Waals surface area contributed by atoms with E-state index in [9.17, 15) is 20.0 Å². The molecule has 25 heavy (non-hydrogen) atoms. The molecule has 0 aromatic heterocycles. The van der Waals surface area contributed by atoms with Gasteiger partial charge in [0, 0.05) is 11.8 Å². The summed E-state index contributed by atoms with van der Waals surface area (Å²) in [6, 6.07) is 20.8. The van der Waals surface area contributed by atoms with E-state index in [0.717, 1.165) is 17.2 Å². The van der Waals surface area contributed by atoms with E-state index in [1.807, 2.05) is 42.5 Å². The zero-order valence-electron chi connectivity index (χ0n) is 13.0. The third-order valence-electron chi connectivity index (χ3n) is 3.71. The van der Waals surface area contributed by atoms with E-state index in [1.54, 1.807) is 12.1 Å². The predicted octanol–water partition coefficient (Wildman–Crippen LogP) is 4.22. The molecule has 6 heteroatoms. The Balaban J connectivity index is 1.80. The van der Waals surface area contributed by atoms with Crippen LogP contribution in [0.4, 0.5) is 11.4 Å². The first-order valence-electron chi connectivity index (χ1n) is 7.49. The van der Waals surface area contributed by atoms with Crippen LogP contribution in [0.3, 0.4) is 0 Å². The van der Waals surface area contributed by atoms with Crippen molar-refractivity contribution >= 4 is 17.3 Å². The van der Waals surface area contributed by atoms with Crippen LogP contribution in [0.15, 0.2) is 72.8 Å².